The zero-order valence-corrected chi connectivity index (χ0v) is 11.2. The van der Waals surface area contributed by atoms with E-state index < -0.39 is 5.60 Å². The molecule has 1 rings (SSSR count). The number of rotatable bonds is 4. The maximum absolute atomic E-state index is 12.1. The summed E-state index contributed by atoms with van der Waals surface area (Å²) in [6.07, 6.45) is 4.12. The molecule has 0 spiro atoms. The molecule has 0 aromatic rings. The zero-order valence-electron chi connectivity index (χ0n) is 11.2. The number of ether oxygens (including phenoxy) is 1. The van der Waals surface area contributed by atoms with Crippen LogP contribution in [0.25, 0.3) is 0 Å². The van der Waals surface area contributed by atoms with Gasteiger partial charge in [0.15, 0.2) is 0 Å². The minimum absolute atomic E-state index is 0.0763. The van der Waals surface area contributed by atoms with Crippen LogP contribution in [0.1, 0.15) is 53.4 Å². The number of nitrogens with zero attached hydrogens (tertiary/aromatic N) is 1. The first-order valence-corrected chi connectivity index (χ1v) is 6.30. The van der Waals surface area contributed by atoms with E-state index >= 15 is 0 Å². The molecule has 1 unspecified atom stereocenters. The Bertz CT molecular complexity index is 279. The Kier molecular flexibility index (Phi) is 4.54. The maximum atomic E-state index is 12.1. The van der Waals surface area contributed by atoms with E-state index in [0.717, 1.165) is 25.5 Å². The summed E-state index contributed by atoms with van der Waals surface area (Å²) in [6, 6.07) is 0.174. The van der Waals surface area contributed by atoms with Crippen molar-refractivity contribution in [1.29, 1.82) is 0 Å². The Morgan fingerprint density at radius 2 is 2.06 bits per heavy atom. The van der Waals surface area contributed by atoms with E-state index in [1.807, 2.05) is 27.7 Å². The van der Waals surface area contributed by atoms with Gasteiger partial charge in [-0.3, -0.25) is 0 Å². The quantitative estimate of drug-likeness (QED) is 0.711. The van der Waals surface area contributed by atoms with Crippen molar-refractivity contribution >= 4 is 12.4 Å². The van der Waals surface area contributed by atoms with Crippen LogP contribution in [0.3, 0.4) is 0 Å². The Balaban J connectivity index is 2.68. The van der Waals surface area contributed by atoms with E-state index in [0.29, 0.717) is 6.42 Å². The second-order valence-electron chi connectivity index (χ2n) is 5.72. The van der Waals surface area contributed by atoms with E-state index in [2.05, 4.69) is 0 Å². The Morgan fingerprint density at radius 3 is 2.41 bits per heavy atom. The molecule has 0 bridgehead atoms. The highest BCUT2D eigenvalue weighted by molar-refractivity contribution is 5.69. The van der Waals surface area contributed by atoms with Crippen molar-refractivity contribution < 1.29 is 14.3 Å². The fourth-order valence-corrected chi connectivity index (χ4v) is 1.92. The Morgan fingerprint density at radius 1 is 1.47 bits per heavy atom. The fraction of sp³-hybridized carbons (Fsp3) is 0.846. The molecule has 0 N–H and O–H groups in total. The number of hydrogen-bond donors (Lipinski definition) is 0. The van der Waals surface area contributed by atoms with Crippen molar-refractivity contribution in [3.63, 3.8) is 0 Å². The van der Waals surface area contributed by atoms with E-state index in [1.54, 1.807) is 4.90 Å². The molecule has 1 fully saturated rings. The highest BCUT2D eigenvalue weighted by Gasteiger charge is 2.34. The first-order valence-electron chi connectivity index (χ1n) is 6.30. The van der Waals surface area contributed by atoms with Gasteiger partial charge in [0.2, 0.25) is 0 Å². The second kappa shape index (κ2) is 5.52. The third-order valence-corrected chi connectivity index (χ3v) is 2.98. The van der Waals surface area contributed by atoms with Gasteiger partial charge in [0.05, 0.1) is 0 Å². The van der Waals surface area contributed by atoms with Crippen LogP contribution in [0.5, 0.6) is 0 Å². The maximum Gasteiger partial charge on any atom is 0.410 e. The normalized spacial score (nSPS) is 18.1. The van der Waals surface area contributed by atoms with Crippen molar-refractivity contribution in [3.05, 3.63) is 0 Å². The monoisotopic (exact) mass is 241 g/mol. The topological polar surface area (TPSA) is 46.6 Å². The van der Waals surface area contributed by atoms with Crippen molar-refractivity contribution in [2.75, 3.05) is 0 Å². The lowest BCUT2D eigenvalue weighted by Crippen LogP contribution is -2.50. The molecule has 1 amide bonds. The van der Waals surface area contributed by atoms with Gasteiger partial charge in [-0.2, -0.15) is 0 Å². The van der Waals surface area contributed by atoms with E-state index in [1.165, 1.54) is 0 Å². The van der Waals surface area contributed by atoms with Crippen LogP contribution in [0.2, 0.25) is 0 Å². The smallest absolute Gasteiger partial charge is 0.410 e. The predicted octanol–water partition coefficient (Wildman–Crippen LogP) is 2.75. The van der Waals surface area contributed by atoms with Crippen LogP contribution in [0.4, 0.5) is 4.79 Å². The van der Waals surface area contributed by atoms with Gasteiger partial charge in [-0.15, -0.1) is 0 Å². The standard InChI is InChI=1S/C13H23NO3/c1-10(8-9-15)14(11-6-5-7-11)12(16)17-13(2,3)4/h9-11H,5-8H2,1-4H3. The van der Waals surface area contributed by atoms with Gasteiger partial charge in [0.1, 0.15) is 11.9 Å². The van der Waals surface area contributed by atoms with Gasteiger partial charge in [0, 0.05) is 18.5 Å². The van der Waals surface area contributed by atoms with Gasteiger partial charge in [-0.25, -0.2) is 4.79 Å². The summed E-state index contributed by atoms with van der Waals surface area (Å²) in [7, 11) is 0. The first kappa shape index (κ1) is 14.0. The molecule has 0 aromatic heterocycles. The molecular weight excluding hydrogens is 218 g/mol. The number of carbonyl (C=O) groups excluding carboxylic acids is 2. The summed E-state index contributed by atoms with van der Waals surface area (Å²) >= 11 is 0. The third kappa shape index (κ3) is 4.02. The number of hydrogen-bond acceptors (Lipinski definition) is 3. The van der Waals surface area contributed by atoms with Crippen LogP contribution >= 0.6 is 0 Å². The van der Waals surface area contributed by atoms with Crippen molar-refractivity contribution in [2.45, 2.75) is 71.1 Å². The summed E-state index contributed by atoms with van der Waals surface area (Å²) in [5.41, 5.74) is -0.486. The molecule has 0 heterocycles. The van der Waals surface area contributed by atoms with Gasteiger partial charge < -0.3 is 14.4 Å². The molecule has 1 aliphatic rings. The molecule has 0 saturated heterocycles. The van der Waals surface area contributed by atoms with Gasteiger partial charge in [-0.1, -0.05) is 0 Å². The molecule has 98 valence electrons. The molecule has 4 heteroatoms. The molecule has 0 aliphatic heterocycles. The van der Waals surface area contributed by atoms with E-state index in [4.69, 9.17) is 4.74 Å². The molecule has 17 heavy (non-hydrogen) atoms. The highest BCUT2D eigenvalue weighted by atomic mass is 16.6. The summed E-state index contributed by atoms with van der Waals surface area (Å²) in [4.78, 5) is 24.4. The molecular formula is C13H23NO3. The number of aldehydes is 1. The molecule has 1 atom stereocenters. The van der Waals surface area contributed by atoms with Crippen molar-refractivity contribution in [1.82, 2.24) is 4.90 Å². The average Bonchev–Trinajstić information content (AvgIpc) is 2.07. The van der Waals surface area contributed by atoms with Crippen LogP contribution < -0.4 is 0 Å². The molecule has 0 radical (unpaired) electrons. The van der Waals surface area contributed by atoms with E-state index in [-0.39, 0.29) is 18.2 Å². The molecule has 0 aromatic carbocycles. The summed E-state index contributed by atoms with van der Waals surface area (Å²) in [6.45, 7) is 7.47. The summed E-state index contributed by atoms with van der Waals surface area (Å²) in [5, 5.41) is 0. The lowest BCUT2D eigenvalue weighted by Gasteiger charge is -2.41. The molecule has 4 nitrogen and oxygen atoms in total. The minimum Gasteiger partial charge on any atom is -0.444 e. The predicted molar refractivity (Wildman–Crippen MR) is 65.9 cm³/mol. The van der Waals surface area contributed by atoms with Crippen LogP contribution in [0, 0.1) is 0 Å². The molecule has 1 saturated carbocycles. The second-order valence-corrected chi connectivity index (χ2v) is 5.72. The number of amides is 1. The lowest BCUT2D eigenvalue weighted by molar-refractivity contribution is -0.109. The lowest BCUT2D eigenvalue weighted by atomic mass is 9.90. The van der Waals surface area contributed by atoms with Crippen LogP contribution in [0.15, 0.2) is 0 Å². The van der Waals surface area contributed by atoms with Crippen LogP contribution in [-0.4, -0.2) is 35.0 Å². The zero-order chi connectivity index (χ0) is 13.1. The third-order valence-electron chi connectivity index (χ3n) is 2.98. The van der Waals surface area contributed by atoms with Gasteiger partial charge >= 0.3 is 6.09 Å². The van der Waals surface area contributed by atoms with Gasteiger partial charge in [-0.05, 0) is 47.0 Å². The largest absolute Gasteiger partial charge is 0.444 e. The van der Waals surface area contributed by atoms with Crippen molar-refractivity contribution in [2.24, 2.45) is 0 Å². The Hall–Kier alpha value is -1.06. The summed E-state index contributed by atoms with van der Waals surface area (Å²) < 4.78 is 5.40. The van der Waals surface area contributed by atoms with E-state index in [9.17, 15) is 9.59 Å². The summed E-state index contributed by atoms with van der Waals surface area (Å²) in [5.74, 6) is 0. The SMILES string of the molecule is CC(CC=O)N(C(=O)OC(C)(C)C)C1CCC1. The highest BCUT2D eigenvalue weighted by Crippen LogP contribution is 2.28. The fourth-order valence-electron chi connectivity index (χ4n) is 1.92. The van der Waals surface area contributed by atoms with Crippen LogP contribution in [-0.2, 0) is 9.53 Å². The van der Waals surface area contributed by atoms with Crippen molar-refractivity contribution in [3.8, 4) is 0 Å². The van der Waals surface area contributed by atoms with Gasteiger partial charge in [0.25, 0.3) is 0 Å². The Labute approximate surface area is 103 Å². The number of carbonyl (C=O) groups is 2. The minimum atomic E-state index is -0.486. The first-order chi connectivity index (χ1) is 7.85. The molecule has 1 aliphatic carbocycles. The average molecular weight is 241 g/mol.